The summed E-state index contributed by atoms with van der Waals surface area (Å²) in [6.45, 7) is 9.22. The molecule has 0 aromatic carbocycles. The van der Waals surface area contributed by atoms with E-state index in [-0.39, 0.29) is 23.9 Å². The van der Waals surface area contributed by atoms with Crippen LogP contribution in [0.2, 0.25) is 0 Å². The molecule has 0 aliphatic rings. The molecule has 1 aromatic heterocycles. The number of aliphatic hydroxyl groups excluding tert-OH is 1. The highest BCUT2D eigenvalue weighted by Crippen LogP contribution is 2.20. The average molecular weight is 408 g/mol. The number of aromatic nitrogens is 1. The predicted molar refractivity (Wildman–Crippen MR) is 108 cm³/mol. The molecule has 29 heavy (non-hydrogen) atoms. The molecule has 1 heterocycles. The van der Waals surface area contributed by atoms with Gasteiger partial charge in [0.05, 0.1) is 0 Å². The molecule has 0 aliphatic heterocycles. The zero-order valence-electron chi connectivity index (χ0n) is 18.0. The fourth-order valence-electron chi connectivity index (χ4n) is 2.49. The van der Waals surface area contributed by atoms with E-state index < -0.39 is 29.5 Å². The molecule has 0 fully saturated rings. The number of aliphatic hydroxyl groups is 1. The van der Waals surface area contributed by atoms with E-state index in [1.54, 1.807) is 18.2 Å². The number of carbonyl (C=O) groups excluding carboxylic acids is 3. The molecule has 1 atom stereocenters. The number of amides is 5. The highest BCUT2D eigenvalue weighted by Gasteiger charge is 2.36. The van der Waals surface area contributed by atoms with Crippen molar-refractivity contribution in [1.82, 2.24) is 14.9 Å². The Bertz CT molecular complexity index is 703. The molecule has 162 valence electrons. The smallest absolute Gasteiger partial charge is 0.359 e. The van der Waals surface area contributed by atoms with Crippen molar-refractivity contribution in [2.75, 3.05) is 18.5 Å². The lowest BCUT2D eigenvalue weighted by Crippen LogP contribution is -2.55. The minimum absolute atomic E-state index is 0.0612. The topological polar surface area (TPSA) is 114 Å². The molecule has 0 aliphatic carbocycles. The highest BCUT2D eigenvalue weighted by molar-refractivity contribution is 6.05. The molecule has 0 saturated carbocycles. The molecule has 2 N–H and O–H groups in total. The molecular weight excluding hydrogens is 376 g/mol. The summed E-state index contributed by atoms with van der Waals surface area (Å²) in [7, 11) is 1.44. The summed E-state index contributed by atoms with van der Waals surface area (Å²) in [5, 5.41) is 20.0. The summed E-state index contributed by atoms with van der Waals surface area (Å²) in [6, 6.07) is 2.99. The second-order valence-corrected chi connectivity index (χ2v) is 8.60. The lowest BCUT2D eigenvalue weighted by atomic mass is 9.96. The number of pyridine rings is 1. The van der Waals surface area contributed by atoms with Gasteiger partial charge in [0.25, 0.3) is 5.91 Å². The van der Waals surface area contributed by atoms with Gasteiger partial charge in [-0.2, -0.15) is 0 Å². The van der Waals surface area contributed by atoms with Gasteiger partial charge in [0.2, 0.25) is 0 Å². The Morgan fingerprint density at radius 3 is 2.21 bits per heavy atom. The van der Waals surface area contributed by atoms with Crippen molar-refractivity contribution in [1.29, 1.82) is 0 Å². The molecule has 5 amide bonds. The first kappa shape index (κ1) is 24.5. The summed E-state index contributed by atoms with van der Waals surface area (Å²) in [4.78, 5) is 44.0. The van der Waals surface area contributed by atoms with Gasteiger partial charge in [-0.1, -0.05) is 40.7 Å². The van der Waals surface area contributed by atoms with Gasteiger partial charge in [-0.3, -0.25) is 14.9 Å². The van der Waals surface area contributed by atoms with Crippen LogP contribution in [0.15, 0.2) is 24.4 Å². The molecule has 0 unspecified atom stereocenters. The summed E-state index contributed by atoms with van der Waals surface area (Å²) in [6.07, 6.45) is 0.609. The van der Waals surface area contributed by atoms with E-state index in [0.717, 1.165) is 9.80 Å². The maximum absolute atomic E-state index is 13.0. The van der Waals surface area contributed by atoms with Crippen molar-refractivity contribution in [3.63, 3.8) is 0 Å². The first-order valence-electron chi connectivity index (χ1n) is 9.56. The van der Waals surface area contributed by atoms with E-state index in [1.807, 2.05) is 34.6 Å². The summed E-state index contributed by atoms with van der Waals surface area (Å²) < 4.78 is 0. The minimum atomic E-state index is -1.54. The van der Waals surface area contributed by atoms with E-state index in [4.69, 9.17) is 0 Å². The van der Waals surface area contributed by atoms with Crippen molar-refractivity contribution in [2.24, 2.45) is 11.3 Å². The van der Waals surface area contributed by atoms with Crippen LogP contribution < -0.4 is 4.90 Å². The van der Waals surface area contributed by atoms with Crippen molar-refractivity contribution in [3.8, 4) is 0 Å². The predicted octanol–water partition coefficient (Wildman–Crippen LogP) is 3.12. The van der Waals surface area contributed by atoms with Crippen LogP contribution >= 0.6 is 0 Å². The molecule has 0 radical (unpaired) electrons. The Hall–Kier alpha value is -2.52. The van der Waals surface area contributed by atoms with E-state index in [0.29, 0.717) is 12.2 Å². The summed E-state index contributed by atoms with van der Waals surface area (Å²) >= 11 is 0. The zero-order valence-corrected chi connectivity index (χ0v) is 18.0. The maximum Gasteiger partial charge on any atom is 0.359 e. The largest absolute Gasteiger partial charge is 0.383 e. The Balaban J connectivity index is 3.05. The number of urea groups is 2. The number of carbonyl (C=O) groups is 3. The monoisotopic (exact) mass is 408 g/mol. The average Bonchev–Trinajstić information content (AvgIpc) is 2.67. The van der Waals surface area contributed by atoms with Crippen LogP contribution in [-0.2, 0) is 4.79 Å². The zero-order chi connectivity index (χ0) is 22.4. The van der Waals surface area contributed by atoms with Crippen LogP contribution in [0.4, 0.5) is 15.4 Å². The standard InChI is InChI=1S/C20H32N4O5/c1-14(2)10-11-15(25)17(26)24(29)19(28)23(13-20(3,4)5)18(27)22(6)16-9-7-8-12-21-16/h7-9,12,14-15,25,29H,10-11,13H2,1-6H3/t15-/m0/s1. The number of imide groups is 2. The molecule has 0 saturated heterocycles. The molecular formula is C20H32N4O5. The summed E-state index contributed by atoms with van der Waals surface area (Å²) in [5.74, 6) is -0.619. The van der Waals surface area contributed by atoms with E-state index in [1.165, 1.54) is 13.2 Å². The third-order valence-corrected chi connectivity index (χ3v) is 4.07. The van der Waals surface area contributed by atoms with Crippen LogP contribution in [0.5, 0.6) is 0 Å². The molecule has 9 nitrogen and oxygen atoms in total. The Morgan fingerprint density at radius 2 is 1.72 bits per heavy atom. The molecule has 1 rings (SSSR count). The lowest BCUT2D eigenvalue weighted by molar-refractivity contribution is -0.164. The van der Waals surface area contributed by atoms with Crippen LogP contribution in [0.1, 0.15) is 47.5 Å². The summed E-state index contributed by atoms with van der Waals surface area (Å²) in [5.41, 5.74) is -0.504. The SMILES string of the molecule is CC(C)CC[C@H](O)C(=O)N(O)C(=O)N(CC(C)(C)C)C(=O)N(C)c1ccccn1. The van der Waals surface area contributed by atoms with Gasteiger partial charge in [-0.05, 0) is 36.3 Å². The van der Waals surface area contributed by atoms with Crippen molar-refractivity contribution in [3.05, 3.63) is 24.4 Å². The van der Waals surface area contributed by atoms with Crippen LogP contribution in [0, 0.1) is 11.3 Å². The van der Waals surface area contributed by atoms with Crippen molar-refractivity contribution < 1.29 is 24.7 Å². The molecule has 1 aromatic rings. The van der Waals surface area contributed by atoms with Gasteiger partial charge in [0.1, 0.15) is 11.9 Å². The third-order valence-electron chi connectivity index (χ3n) is 4.07. The van der Waals surface area contributed by atoms with Gasteiger partial charge in [-0.15, -0.1) is 5.06 Å². The quantitative estimate of drug-likeness (QED) is 0.552. The molecule has 9 heteroatoms. The van der Waals surface area contributed by atoms with Gasteiger partial charge < -0.3 is 5.11 Å². The molecule has 0 bridgehead atoms. The van der Waals surface area contributed by atoms with Gasteiger partial charge >= 0.3 is 12.1 Å². The number of rotatable bonds is 6. The van der Waals surface area contributed by atoms with Gasteiger partial charge in [0.15, 0.2) is 0 Å². The van der Waals surface area contributed by atoms with E-state index >= 15 is 0 Å². The van der Waals surface area contributed by atoms with Gasteiger partial charge in [0, 0.05) is 19.8 Å². The number of hydrogen-bond acceptors (Lipinski definition) is 6. The van der Waals surface area contributed by atoms with Crippen LogP contribution in [-0.4, -0.2) is 62.9 Å². The van der Waals surface area contributed by atoms with Crippen molar-refractivity contribution >= 4 is 23.8 Å². The Kier molecular flexibility index (Phi) is 8.72. The van der Waals surface area contributed by atoms with E-state index in [9.17, 15) is 24.7 Å². The first-order valence-corrected chi connectivity index (χ1v) is 9.56. The number of hydrogen-bond donors (Lipinski definition) is 2. The minimum Gasteiger partial charge on any atom is -0.383 e. The lowest BCUT2D eigenvalue weighted by Gasteiger charge is -2.33. The second-order valence-electron chi connectivity index (χ2n) is 8.60. The number of nitrogens with zero attached hydrogens (tertiary/aromatic N) is 4. The third kappa shape index (κ3) is 7.43. The first-order chi connectivity index (χ1) is 13.3. The highest BCUT2D eigenvalue weighted by atomic mass is 16.5. The van der Waals surface area contributed by atoms with Crippen LogP contribution in [0.3, 0.4) is 0 Å². The second kappa shape index (κ2) is 10.3. The Labute approximate surface area is 171 Å². The number of hydroxylamine groups is 2. The fraction of sp³-hybridized carbons (Fsp3) is 0.600. The van der Waals surface area contributed by atoms with Crippen molar-refractivity contribution in [2.45, 2.75) is 53.6 Å². The van der Waals surface area contributed by atoms with E-state index in [2.05, 4.69) is 4.98 Å². The normalized spacial score (nSPS) is 12.4. The Morgan fingerprint density at radius 1 is 1.10 bits per heavy atom. The molecule has 0 spiro atoms. The van der Waals surface area contributed by atoms with Gasteiger partial charge in [-0.25, -0.2) is 19.5 Å². The maximum atomic E-state index is 13.0. The van der Waals surface area contributed by atoms with Crippen LogP contribution in [0.25, 0.3) is 0 Å². The fourth-order valence-corrected chi connectivity index (χ4v) is 2.49. The number of anilines is 1.